The molecule has 0 fully saturated rings. The van der Waals surface area contributed by atoms with Gasteiger partial charge in [0.05, 0.1) is 0 Å². The number of hydrogen-bond acceptors (Lipinski definition) is 4. The number of para-hydroxylation sites is 1. The van der Waals surface area contributed by atoms with Gasteiger partial charge < -0.3 is 14.8 Å². The highest BCUT2D eigenvalue weighted by molar-refractivity contribution is 6.31. The Balaban J connectivity index is 1.47. The van der Waals surface area contributed by atoms with Crippen LogP contribution >= 0.6 is 11.6 Å². The van der Waals surface area contributed by atoms with E-state index in [4.69, 9.17) is 21.1 Å². The molecule has 0 aromatic heterocycles. The van der Waals surface area contributed by atoms with Gasteiger partial charge in [-0.3, -0.25) is 4.79 Å². The van der Waals surface area contributed by atoms with Gasteiger partial charge in [-0.2, -0.15) is 0 Å². The van der Waals surface area contributed by atoms with Crippen LogP contribution in [0.25, 0.3) is 6.08 Å². The standard InChI is InChI=1S/C28H28ClNO4/c1-3-21-9-7-10-22(4-2)28(21)30-26(31)19-34-27(32)17-14-20-12-15-24(16-13-20)33-18-23-8-5-6-11-25(23)29/h5-17H,3-4,18-19H2,1-2H3,(H,30,31). The van der Waals surface area contributed by atoms with Gasteiger partial charge in [-0.25, -0.2) is 4.79 Å². The molecule has 1 N–H and O–H groups in total. The average Bonchev–Trinajstić information content (AvgIpc) is 2.86. The predicted octanol–water partition coefficient (Wildman–Crippen LogP) is 6.24. The molecule has 3 aromatic carbocycles. The maximum absolute atomic E-state index is 12.3. The Hall–Kier alpha value is -3.57. The number of carbonyl (C=O) groups is 2. The summed E-state index contributed by atoms with van der Waals surface area (Å²) in [6, 6.07) is 20.7. The fourth-order valence-corrected chi connectivity index (χ4v) is 3.57. The van der Waals surface area contributed by atoms with E-state index in [1.54, 1.807) is 6.08 Å². The summed E-state index contributed by atoms with van der Waals surface area (Å²) in [5.41, 5.74) is 4.62. The molecule has 6 heteroatoms. The number of ether oxygens (including phenoxy) is 2. The van der Waals surface area contributed by atoms with Crippen LogP contribution < -0.4 is 10.1 Å². The fraction of sp³-hybridized carbons (Fsp3) is 0.214. The summed E-state index contributed by atoms with van der Waals surface area (Å²) in [6.07, 6.45) is 4.52. The SMILES string of the molecule is CCc1cccc(CC)c1NC(=O)COC(=O)C=Cc1ccc(OCc2ccccc2Cl)cc1. The summed E-state index contributed by atoms with van der Waals surface area (Å²) in [4.78, 5) is 24.4. The third kappa shape index (κ3) is 7.22. The lowest BCUT2D eigenvalue weighted by Crippen LogP contribution is -2.21. The highest BCUT2D eigenvalue weighted by Gasteiger charge is 2.11. The first kappa shape index (κ1) is 25.1. The largest absolute Gasteiger partial charge is 0.489 e. The number of anilines is 1. The number of halogens is 1. The molecule has 0 saturated heterocycles. The molecule has 5 nitrogen and oxygen atoms in total. The van der Waals surface area contributed by atoms with Crippen LogP contribution in [0.2, 0.25) is 5.02 Å². The molecule has 3 aromatic rings. The second-order valence-electron chi connectivity index (χ2n) is 7.60. The molecule has 176 valence electrons. The molecule has 0 spiro atoms. The van der Waals surface area contributed by atoms with E-state index in [9.17, 15) is 9.59 Å². The zero-order chi connectivity index (χ0) is 24.3. The van der Waals surface area contributed by atoms with Crippen LogP contribution in [0, 0.1) is 0 Å². The van der Waals surface area contributed by atoms with Crippen molar-refractivity contribution in [1.82, 2.24) is 0 Å². The molecule has 0 aliphatic carbocycles. The third-order valence-corrected chi connectivity index (χ3v) is 5.62. The molecule has 34 heavy (non-hydrogen) atoms. The van der Waals surface area contributed by atoms with Crippen molar-refractivity contribution in [3.8, 4) is 5.75 Å². The van der Waals surface area contributed by atoms with Gasteiger partial charge in [0.1, 0.15) is 12.4 Å². The van der Waals surface area contributed by atoms with Crippen LogP contribution in [0.3, 0.4) is 0 Å². The van der Waals surface area contributed by atoms with Gasteiger partial charge in [-0.15, -0.1) is 0 Å². The second-order valence-corrected chi connectivity index (χ2v) is 8.00. The van der Waals surface area contributed by atoms with Crippen molar-refractivity contribution in [1.29, 1.82) is 0 Å². The Morgan fingerprint density at radius 3 is 2.18 bits per heavy atom. The minimum atomic E-state index is -0.589. The van der Waals surface area contributed by atoms with E-state index in [0.29, 0.717) is 17.4 Å². The highest BCUT2D eigenvalue weighted by atomic mass is 35.5. The lowest BCUT2D eigenvalue weighted by molar-refractivity contribution is -0.142. The van der Waals surface area contributed by atoms with Crippen molar-refractivity contribution in [3.05, 3.63) is 100 Å². The molecule has 0 radical (unpaired) electrons. The normalized spacial score (nSPS) is 10.8. The molecule has 3 rings (SSSR count). The van der Waals surface area contributed by atoms with Crippen LogP contribution in [-0.4, -0.2) is 18.5 Å². The molecule has 1 amide bonds. The summed E-state index contributed by atoms with van der Waals surface area (Å²) >= 11 is 6.14. The van der Waals surface area contributed by atoms with Crippen molar-refractivity contribution < 1.29 is 19.1 Å². The summed E-state index contributed by atoms with van der Waals surface area (Å²) < 4.78 is 10.8. The summed E-state index contributed by atoms with van der Waals surface area (Å²) in [5.74, 6) is -0.263. The zero-order valence-electron chi connectivity index (χ0n) is 19.3. The van der Waals surface area contributed by atoms with E-state index in [-0.39, 0.29) is 12.5 Å². The molecule has 0 saturated carbocycles. The maximum Gasteiger partial charge on any atom is 0.331 e. The number of nitrogens with one attached hydrogen (secondary N) is 1. The van der Waals surface area contributed by atoms with Crippen LogP contribution in [0.1, 0.15) is 36.1 Å². The topological polar surface area (TPSA) is 64.6 Å². The number of esters is 1. The van der Waals surface area contributed by atoms with Gasteiger partial charge in [-0.05, 0) is 53.8 Å². The zero-order valence-corrected chi connectivity index (χ0v) is 20.1. The van der Waals surface area contributed by atoms with Crippen LogP contribution in [-0.2, 0) is 33.8 Å². The lowest BCUT2D eigenvalue weighted by Gasteiger charge is -2.14. The van der Waals surface area contributed by atoms with Gasteiger partial charge in [0.25, 0.3) is 5.91 Å². The number of amides is 1. The van der Waals surface area contributed by atoms with Crippen molar-refractivity contribution >= 4 is 35.2 Å². The van der Waals surface area contributed by atoms with Crippen LogP contribution in [0.15, 0.2) is 72.8 Å². The Morgan fingerprint density at radius 1 is 0.882 bits per heavy atom. The fourth-order valence-electron chi connectivity index (χ4n) is 3.38. The molecule has 0 heterocycles. The monoisotopic (exact) mass is 477 g/mol. The van der Waals surface area contributed by atoms with Gasteiger partial charge in [-0.1, -0.05) is 74.0 Å². The van der Waals surface area contributed by atoms with E-state index in [1.807, 2.05) is 80.6 Å². The number of benzene rings is 3. The number of aryl methyl sites for hydroxylation is 2. The van der Waals surface area contributed by atoms with E-state index in [0.717, 1.165) is 40.8 Å². The smallest absolute Gasteiger partial charge is 0.331 e. The van der Waals surface area contributed by atoms with Crippen LogP contribution in [0.5, 0.6) is 5.75 Å². The minimum Gasteiger partial charge on any atom is -0.489 e. The molecule has 0 atom stereocenters. The molecule has 0 aliphatic heterocycles. The molecular weight excluding hydrogens is 450 g/mol. The van der Waals surface area contributed by atoms with Crippen LogP contribution in [0.4, 0.5) is 5.69 Å². The van der Waals surface area contributed by atoms with Crippen molar-refractivity contribution in [3.63, 3.8) is 0 Å². The van der Waals surface area contributed by atoms with Crippen molar-refractivity contribution in [2.24, 2.45) is 0 Å². The minimum absolute atomic E-state index is 0.348. The highest BCUT2D eigenvalue weighted by Crippen LogP contribution is 2.22. The summed E-state index contributed by atoms with van der Waals surface area (Å²) in [6.45, 7) is 4.09. The Kier molecular flexibility index (Phi) is 9.30. The number of carbonyl (C=O) groups excluding carboxylic acids is 2. The molecule has 0 bridgehead atoms. The van der Waals surface area contributed by atoms with Gasteiger partial charge in [0.15, 0.2) is 6.61 Å². The van der Waals surface area contributed by atoms with E-state index >= 15 is 0 Å². The molecule has 0 unspecified atom stereocenters. The van der Waals surface area contributed by atoms with Gasteiger partial charge in [0.2, 0.25) is 0 Å². The van der Waals surface area contributed by atoms with Gasteiger partial charge in [0, 0.05) is 22.3 Å². The van der Waals surface area contributed by atoms with E-state index < -0.39 is 5.97 Å². The van der Waals surface area contributed by atoms with Crippen molar-refractivity contribution in [2.45, 2.75) is 33.3 Å². The lowest BCUT2D eigenvalue weighted by atomic mass is 10.0. The maximum atomic E-state index is 12.3. The van der Waals surface area contributed by atoms with Gasteiger partial charge >= 0.3 is 5.97 Å². The first-order valence-electron chi connectivity index (χ1n) is 11.2. The Labute approximate surface area is 205 Å². The predicted molar refractivity (Wildman–Crippen MR) is 136 cm³/mol. The number of hydrogen-bond donors (Lipinski definition) is 1. The Bertz CT molecular complexity index is 1130. The Morgan fingerprint density at radius 2 is 1.53 bits per heavy atom. The molecule has 0 aliphatic rings. The third-order valence-electron chi connectivity index (χ3n) is 5.25. The second kappa shape index (κ2) is 12.6. The molecular formula is C28H28ClNO4. The summed E-state index contributed by atoms with van der Waals surface area (Å²) in [7, 11) is 0. The van der Waals surface area contributed by atoms with E-state index in [1.165, 1.54) is 6.08 Å². The first-order valence-corrected chi connectivity index (χ1v) is 11.6. The number of rotatable bonds is 10. The average molecular weight is 478 g/mol. The van der Waals surface area contributed by atoms with Crippen molar-refractivity contribution in [2.75, 3.05) is 11.9 Å². The summed E-state index contributed by atoms with van der Waals surface area (Å²) in [5, 5.41) is 3.54. The quantitative estimate of drug-likeness (QED) is 0.277. The van der Waals surface area contributed by atoms with E-state index in [2.05, 4.69) is 5.32 Å². The first-order chi connectivity index (χ1) is 16.5.